The van der Waals surface area contributed by atoms with Gasteiger partial charge >= 0.3 is 0 Å². The van der Waals surface area contributed by atoms with Crippen molar-refractivity contribution in [2.75, 3.05) is 6.16 Å². The Morgan fingerprint density at radius 2 is 2.08 bits per heavy atom. The second-order valence-electron chi connectivity index (χ2n) is 2.77. The Morgan fingerprint density at radius 3 is 2.46 bits per heavy atom. The van der Waals surface area contributed by atoms with Gasteiger partial charge in [0.1, 0.15) is 5.78 Å². The lowest BCUT2D eigenvalue weighted by atomic mass is 10.0. The van der Waals surface area contributed by atoms with Gasteiger partial charge in [-0.3, -0.25) is 4.79 Å². The number of carbonyl (C=O) groups excluding carboxylic acids is 1. The molecule has 0 aliphatic heterocycles. The highest BCUT2D eigenvalue weighted by molar-refractivity contribution is 7.49. The molecule has 0 aliphatic carbocycles. The van der Waals surface area contributed by atoms with E-state index in [9.17, 15) is 19.1 Å². The quantitative estimate of drug-likeness (QED) is 0.455. The number of hydrogen-bond donors (Lipinski definition) is 0. The summed E-state index contributed by atoms with van der Waals surface area (Å²) in [5.74, 6) is 4.20. The summed E-state index contributed by atoms with van der Waals surface area (Å²) in [6.07, 6.45) is -0.602. The molecule has 0 saturated carbocycles. The van der Waals surface area contributed by atoms with Crippen LogP contribution in [0.4, 0.5) is 0 Å². The number of ketones is 1. The average Bonchev–Trinajstić information content (AvgIpc) is 1.96. The maximum atomic E-state index is 11.0. The van der Waals surface area contributed by atoms with Gasteiger partial charge in [0, 0.05) is 18.5 Å². The predicted octanol–water partition coefficient (Wildman–Crippen LogP) is -0.481. The normalized spacial score (nSPS) is 12.9. The van der Waals surface area contributed by atoms with Crippen LogP contribution >= 0.6 is 7.60 Å². The topological polar surface area (TPSA) is 80.3 Å². The number of rotatable bonds is 4. The average molecular weight is 202 g/mol. The standard InChI is InChI=1S/C8H13O4P/c1-3-4-5-7(2)8(9)6-13(10,11)12/h7H,5-6H2,1-2H3,(H2,10,11,12)/p-2. The Balaban J connectivity index is 4.10. The van der Waals surface area contributed by atoms with Crippen molar-refractivity contribution in [3.05, 3.63) is 0 Å². The van der Waals surface area contributed by atoms with Crippen LogP contribution < -0.4 is 9.79 Å². The molecule has 0 aliphatic rings. The third-order valence-corrected chi connectivity index (χ3v) is 2.18. The van der Waals surface area contributed by atoms with E-state index in [0.29, 0.717) is 6.42 Å². The molecule has 0 amide bonds. The minimum Gasteiger partial charge on any atom is -0.810 e. The van der Waals surface area contributed by atoms with Gasteiger partial charge in [0.05, 0.1) is 0 Å². The molecular weight excluding hydrogens is 191 g/mol. The van der Waals surface area contributed by atoms with Gasteiger partial charge in [-0.1, -0.05) is 14.5 Å². The molecule has 0 spiro atoms. The van der Waals surface area contributed by atoms with Crippen LogP contribution in [-0.2, 0) is 9.36 Å². The molecule has 0 heterocycles. The summed E-state index contributed by atoms with van der Waals surface area (Å²) in [6.45, 7) is 3.19. The Bertz CT molecular complexity index is 280. The van der Waals surface area contributed by atoms with Crippen LogP contribution in [0.3, 0.4) is 0 Å². The van der Waals surface area contributed by atoms with E-state index in [0.717, 1.165) is 0 Å². The predicted molar refractivity (Wildman–Crippen MR) is 44.7 cm³/mol. The Kier molecular flexibility index (Phi) is 4.94. The molecule has 0 rings (SSSR count). The first-order valence-electron chi connectivity index (χ1n) is 3.80. The number of carbonyl (C=O) groups is 1. The van der Waals surface area contributed by atoms with Gasteiger partial charge in [-0.05, 0) is 6.92 Å². The summed E-state index contributed by atoms with van der Waals surface area (Å²) in [5, 5.41) is 0. The smallest absolute Gasteiger partial charge is 0.141 e. The third-order valence-electron chi connectivity index (χ3n) is 1.48. The summed E-state index contributed by atoms with van der Waals surface area (Å²) in [4.78, 5) is 31.5. The Hall–Kier alpha value is -0.620. The first-order chi connectivity index (χ1) is 5.87. The van der Waals surface area contributed by atoms with Gasteiger partial charge in [0.25, 0.3) is 0 Å². The first-order valence-corrected chi connectivity index (χ1v) is 5.53. The fourth-order valence-corrected chi connectivity index (χ4v) is 1.41. The van der Waals surface area contributed by atoms with Gasteiger partial charge in [-0.15, -0.1) is 11.8 Å². The van der Waals surface area contributed by atoms with Crippen LogP contribution in [0, 0.1) is 17.8 Å². The van der Waals surface area contributed by atoms with E-state index in [4.69, 9.17) is 0 Å². The van der Waals surface area contributed by atoms with Gasteiger partial charge in [0.15, 0.2) is 0 Å². The lowest BCUT2D eigenvalue weighted by Crippen LogP contribution is -2.25. The highest BCUT2D eigenvalue weighted by Gasteiger charge is 2.12. The fourth-order valence-electron chi connectivity index (χ4n) is 0.716. The Morgan fingerprint density at radius 1 is 1.54 bits per heavy atom. The van der Waals surface area contributed by atoms with E-state index in [1.165, 1.54) is 0 Å². The zero-order valence-electron chi connectivity index (χ0n) is 7.57. The van der Waals surface area contributed by atoms with E-state index in [1.54, 1.807) is 13.8 Å². The van der Waals surface area contributed by atoms with Crippen molar-refractivity contribution in [3.63, 3.8) is 0 Å². The van der Waals surface area contributed by atoms with Crippen molar-refractivity contribution in [3.8, 4) is 11.8 Å². The third kappa shape index (κ3) is 6.53. The highest BCUT2D eigenvalue weighted by atomic mass is 31.2. The molecule has 0 radical (unpaired) electrons. The molecule has 0 aromatic heterocycles. The van der Waals surface area contributed by atoms with Gasteiger partial charge < -0.3 is 14.4 Å². The number of hydrogen-bond acceptors (Lipinski definition) is 4. The molecule has 5 heteroatoms. The summed E-state index contributed by atoms with van der Waals surface area (Å²) in [7, 11) is -4.71. The maximum Gasteiger partial charge on any atom is 0.141 e. The molecule has 0 aromatic carbocycles. The molecule has 13 heavy (non-hydrogen) atoms. The van der Waals surface area contributed by atoms with Crippen molar-refractivity contribution >= 4 is 13.4 Å². The maximum absolute atomic E-state index is 11.0. The van der Waals surface area contributed by atoms with Crippen molar-refractivity contribution in [2.24, 2.45) is 5.92 Å². The zero-order valence-corrected chi connectivity index (χ0v) is 8.47. The Labute approximate surface area is 77.5 Å². The molecule has 0 bridgehead atoms. The van der Waals surface area contributed by atoms with Crippen LogP contribution in [0.5, 0.6) is 0 Å². The van der Waals surface area contributed by atoms with Gasteiger partial charge in [-0.2, -0.15) is 0 Å². The summed E-state index contributed by atoms with van der Waals surface area (Å²) in [5.41, 5.74) is 0. The second-order valence-corrected chi connectivity index (χ2v) is 4.31. The minimum atomic E-state index is -4.71. The summed E-state index contributed by atoms with van der Waals surface area (Å²) < 4.78 is 10.2. The zero-order chi connectivity index (χ0) is 10.5. The molecule has 4 nitrogen and oxygen atoms in total. The van der Waals surface area contributed by atoms with Crippen LogP contribution in [-0.4, -0.2) is 11.9 Å². The van der Waals surface area contributed by atoms with Crippen molar-refractivity contribution in [1.82, 2.24) is 0 Å². The molecule has 1 unspecified atom stereocenters. The van der Waals surface area contributed by atoms with Crippen LogP contribution in [0.2, 0.25) is 0 Å². The van der Waals surface area contributed by atoms with E-state index in [1.807, 2.05) is 0 Å². The van der Waals surface area contributed by atoms with Crippen molar-refractivity contribution in [2.45, 2.75) is 20.3 Å². The van der Waals surface area contributed by atoms with Crippen molar-refractivity contribution < 1.29 is 19.1 Å². The molecule has 0 N–H and O–H groups in total. The SMILES string of the molecule is CC#CCC(C)C(=O)CP(=O)([O-])[O-]. The fraction of sp³-hybridized carbons (Fsp3) is 0.625. The van der Waals surface area contributed by atoms with E-state index in [2.05, 4.69) is 11.8 Å². The first kappa shape index (κ1) is 12.4. The van der Waals surface area contributed by atoms with Crippen LogP contribution in [0.15, 0.2) is 0 Å². The minimum absolute atomic E-state index is 0.301. The van der Waals surface area contributed by atoms with E-state index < -0.39 is 25.5 Å². The second kappa shape index (κ2) is 5.18. The molecule has 0 aromatic rings. The number of Topliss-reactive ketones (excluding diaryl/α,β-unsaturated/α-hetero) is 1. The van der Waals surface area contributed by atoms with Crippen LogP contribution in [0.1, 0.15) is 20.3 Å². The highest BCUT2D eigenvalue weighted by Crippen LogP contribution is 2.24. The molecule has 0 fully saturated rings. The van der Waals surface area contributed by atoms with E-state index >= 15 is 0 Å². The molecule has 74 valence electrons. The van der Waals surface area contributed by atoms with Gasteiger partial charge in [-0.25, -0.2) is 0 Å². The molecule has 1 atom stereocenters. The monoisotopic (exact) mass is 202 g/mol. The van der Waals surface area contributed by atoms with E-state index in [-0.39, 0.29) is 0 Å². The van der Waals surface area contributed by atoms with Gasteiger partial charge in [0.2, 0.25) is 0 Å². The van der Waals surface area contributed by atoms with Crippen LogP contribution in [0.25, 0.3) is 0 Å². The lowest BCUT2D eigenvalue weighted by Gasteiger charge is -2.29. The van der Waals surface area contributed by atoms with Crippen molar-refractivity contribution in [1.29, 1.82) is 0 Å². The summed E-state index contributed by atoms with van der Waals surface area (Å²) >= 11 is 0. The summed E-state index contributed by atoms with van der Waals surface area (Å²) in [6, 6.07) is 0. The largest absolute Gasteiger partial charge is 0.810 e. The molecule has 0 saturated heterocycles. The lowest BCUT2D eigenvalue weighted by molar-refractivity contribution is -0.312. The molecular formula is C8H11O4P-2.